The number of carbonyl (C=O) groups excluding carboxylic acids is 1. The lowest BCUT2D eigenvalue weighted by Crippen LogP contribution is -2.54. The molecule has 1 aromatic rings. The third kappa shape index (κ3) is 4.55. The van der Waals surface area contributed by atoms with Crippen molar-refractivity contribution >= 4 is 17.7 Å². The average Bonchev–Trinajstić information content (AvgIpc) is 2.41. The largest absolute Gasteiger partial charge is 0.444 e. The van der Waals surface area contributed by atoms with Crippen LogP contribution in [-0.2, 0) is 11.3 Å². The molecule has 1 fully saturated rings. The molecular formula is C15H23ClN4O2. The van der Waals surface area contributed by atoms with Crippen molar-refractivity contribution in [1.82, 2.24) is 19.8 Å². The molecule has 22 heavy (non-hydrogen) atoms. The second kappa shape index (κ2) is 6.79. The maximum Gasteiger partial charge on any atom is 0.410 e. The smallest absolute Gasteiger partial charge is 0.410 e. The molecule has 7 heteroatoms. The van der Waals surface area contributed by atoms with Gasteiger partial charge in [-0.2, -0.15) is 0 Å². The fraction of sp³-hybridized carbons (Fsp3) is 0.667. The van der Waals surface area contributed by atoms with Crippen LogP contribution in [0.15, 0.2) is 12.4 Å². The van der Waals surface area contributed by atoms with Gasteiger partial charge < -0.3 is 9.64 Å². The predicted octanol–water partition coefficient (Wildman–Crippen LogP) is 2.57. The van der Waals surface area contributed by atoms with Crippen molar-refractivity contribution in [2.24, 2.45) is 0 Å². The first-order valence-corrected chi connectivity index (χ1v) is 7.81. The van der Waals surface area contributed by atoms with E-state index in [0.717, 1.165) is 12.2 Å². The van der Waals surface area contributed by atoms with Gasteiger partial charge in [0.15, 0.2) is 5.15 Å². The third-order valence-electron chi connectivity index (χ3n) is 3.49. The molecule has 1 atom stereocenters. The predicted molar refractivity (Wildman–Crippen MR) is 84.7 cm³/mol. The van der Waals surface area contributed by atoms with Crippen molar-refractivity contribution in [2.75, 3.05) is 19.6 Å². The van der Waals surface area contributed by atoms with Crippen LogP contribution in [0.2, 0.25) is 5.15 Å². The van der Waals surface area contributed by atoms with Crippen molar-refractivity contribution < 1.29 is 9.53 Å². The van der Waals surface area contributed by atoms with E-state index in [1.165, 1.54) is 0 Å². The molecule has 0 aromatic carbocycles. The maximum absolute atomic E-state index is 12.1. The van der Waals surface area contributed by atoms with E-state index in [2.05, 4.69) is 21.8 Å². The monoisotopic (exact) mass is 326 g/mol. The molecule has 0 radical (unpaired) electrons. The van der Waals surface area contributed by atoms with Gasteiger partial charge in [0.25, 0.3) is 0 Å². The van der Waals surface area contributed by atoms with Crippen LogP contribution in [0.1, 0.15) is 33.4 Å². The average molecular weight is 327 g/mol. The molecule has 0 unspecified atom stereocenters. The Balaban J connectivity index is 1.93. The number of ether oxygens (including phenoxy) is 1. The van der Waals surface area contributed by atoms with E-state index in [4.69, 9.17) is 16.3 Å². The molecule has 122 valence electrons. The van der Waals surface area contributed by atoms with Crippen LogP contribution >= 0.6 is 11.6 Å². The lowest BCUT2D eigenvalue weighted by Gasteiger charge is -2.40. The molecular weight excluding hydrogens is 304 g/mol. The fourth-order valence-corrected chi connectivity index (χ4v) is 2.54. The van der Waals surface area contributed by atoms with Crippen LogP contribution in [0.4, 0.5) is 4.79 Å². The van der Waals surface area contributed by atoms with E-state index in [1.54, 1.807) is 17.3 Å². The summed E-state index contributed by atoms with van der Waals surface area (Å²) in [5, 5.41) is 0.435. The number of halogens is 1. The molecule has 1 aliphatic rings. The fourth-order valence-electron chi connectivity index (χ4n) is 2.37. The van der Waals surface area contributed by atoms with Crippen LogP contribution in [0.5, 0.6) is 0 Å². The van der Waals surface area contributed by atoms with Crippen molar-refractivity contribution in [3.8, 4) is 0 Å². The normalized spacial score (nSPS) is 20.0. The Morgan fingerprint density at radius 3 is 2.64 bits per heavy atom. The Morgan fingerprint density at radius 1 is 1.36 bits per heavy atom. The third-order valence-corrected chi connectivity index (χ3v) is 3.81. The van der Waals surface area contributed by atoms with E-state index in [1.807, 2.05) is 20.8 Å². The Morgan fingerprint density at radius 2 is 2.05 bits per heavy atom. The Hall–Kier alpha value is -1.40. The molecule has 1 aliphatic heterocycles. The first-order chi connectivity index (χ1) is 10.3. The maximum atomic E-state index is 12.1. The van der Waals surface area contributed by atoms with Gasteiger partial charge in [0, 0.05) is 44.6 Å². The van der Waals surface area contributed by atoms with Crippen molar-refractivity contribution in [1.29, 1.82) is 0 Å². The van der Waals surface area contributed by atoms with Gasteiger partial charge in [-0.1, -0.05) is 11.6 Å². The van der Waals surface area contributed by atoms with Gasteiger partial charge in [-0.15, -0.1) is 0 Å². The van der Waals surface area contributed by atoms with Gasteiger partial charge >= 0.3 is 6.09 Å². The highest BCUT2D eigenvalue weighted by atomic mass is 35.5. The quantitative estimate of drug-likeness (QED) is 0.836. The van der Waals surface area contributed by atoms with Crippen LogP contribution in [0, 0.1) is 0 Å². The highest BCUT2D eigenvalue weighted by Crippen LogP contribution is 2.18. The van der Waals surface area contributed by atoms with Crippen molar-refractivity contribution in [3.05, 3.63) is 23.2 Å². The van der Waals surface area contributed by atoms with Crippen LogP contribution in [0.25, 0.3) is 0 Å². The van der Waals surface area contributed by atoms with E-state index in [9.17, 15) is 4.79 Å². The molecule has 6 nitrogen and oxygen atoms in total. The van der Waals surface area contributed by atoms with E-state index in [0.29, 0.717) is 24.8 Å². The zero-order valence-electron chi connectivity index (χ0n) is 13.5. The molecule has 2 rings (SSSR count). The van der Waals surface area contributed by atoms with Crippen LogP contribution in [-0.4, -0.2) is 57.1 Å². The standard InChI is InChI=1S/C15H23ClN4O2/c1-11-9-20(14(21)22-15(2,3)4)8-7-19(11)10-12-13(16)18-6-5-17-12/h5-6,11H,7-10H2,1-4H3/t11-/m0/s1. The summed E-state index contributed by atoms with van der Waals surface area (Å²) in [7, 11) is 0. The topological polar surface area (TPSA) is 58.6 Å². The van der Waals surface area contributed by atoms with E-state index >= 15 is 0 Å². The van der Waals surface area contributed by atoms with Gasteiger partial charge in [-0.25, -0.2) is 9.78 Å². The lowest BCUT2D eigenvalue weighted by molar-refractivity contribution is 0.00443. The number of amides is 1. The number of hydrogen-bond acceptors (Lipinski definition) is 5. The van der Waals surface area contributed by atoms with Crippen molar-refractivity contribution in [3.63, 3.8) is 0 Å². The summed E-state index contributed by atoms with van der Waals surface area (Å²) in [6, 6.07) is 0.208. The highest BCUT2D eigenvalue weighted by molar-refractivity contribution is 6.29. The number of carbonyl (C=O) groups is 1. The highest BCUT2D eigenvalue weighted by Gasteiger charge is 2.30. The molecule has 1 amide bonds. The number of nitrogens with zero attached hydrogens (tertiary/aromatic N) is 4. The van der Waals surface area contributed by atoms with Crippen LogP contribution in [0.3, 0.4) is 0 Å². The number of hydrogen-bond donors (Lipinski definition) is 0. The summed E-state index contributed by atoms with van der Waals surface area (Å²) in [5.74, 6) is 0. The summed E-state index contributed by atoms with van der Waals surface area (Å²) < 4.78 is 5.42. The minimum Gasteiger partial charge on any atom is -0.444 e. The summed E-state index contributed by atoms with van der Waals surface area (Å²) >= 11 is 6.06. The number of piperazine rings is 1. The van der Waals surface area contributed by atoms with E-state index < -0.39 is 5.60 Å². The lowest BCUT2D eigenvalue weighted by atomic mass is 10.2. The second-order valence-corrected chi connectivity index (χ2v) is 6.90. The minimum atomic E-state index is -0.468. The summed E-state index contributed by atoms with van der Waals surface area (Å²) in [6.07, 6.45) is 2.97. The minimum absolute atomic E-state index is 0.208. The zero-order valence-corrected chi connectivity index (χ0v) is 14.3. The molecule has 1 saturated heterocycles. The molecule has 2 heterocycles. The van der Waals surface area contributed by atoms with Gasteiger partial charge in [0.05, 0.1) is 5.69 Å². The molecule has 0 spiro atoms. The molecule has 0 aliphatic carbocycles. The molecule has 0 N–H and O–H groups in total. The Labute approximate surface area is 136 Å². The first kappa shape index (κ1) is 17.0. The van der Waals surface area contributed by atoms with Gasteiger partial charge in [0.1, 0.15) is 5.60 Å². The Kier molecular flexibility index (Phi) is 5.24. The van der Waals surface area contributed by atoms with Crippen LogP contribution < -0.4 is 0 Å². The number of rotatable bonds is 2. The number of aromatic nitrogens is 2. The summed E-state index contributed by atoms with van der Waals surface area (Å²) in [5.41, 5.74) is 0.298. The second-order valence-electron chi connectivity index (χ2n) is 6.54. The summed E-state index contributed by atoms with van der Waals surface area (Å²) in [6.45, 7) is 10.4. The van der Waals surface area contributed by atoms with Crippen molar-refractivity contribution in [2.45, 2.75) is 45.9 Å². The zero-order chi connectivity index (χ0) is 16.3. The summed E-state index contributed by atoms with van der Waals surface area (Å²) in [4.78, 5) is 24.4. The Bertz CT molecular complexity index is 533. The van der Waals surface area contributed by atoms with Gasteiger partial charge in [-0.3, -0.25) is 9.88 Å². The van der Waals surface area contributed by atoms with Gasteiger partial charge in [0.2, 0.25) is 0 Å². The first-order valence-electron chi connectivity index (χ1n) is 7.43. The molecule has 0 bridgehead atoms. The van der Waals surface area contributed by atoms with Gasteiger partial charge in [-0.05, 0) is 27.7 Å². The SMILES string of the molecule is C[C@H]1CN(C(=O)OC(C)(C)C)CCN1Cc1nccnc1Cl. The van der Waals surface area contributed by atoms with E-state index in [-0.39, 0.29) is 12.1 Å². The molecule has 1 aromatic heterocycles. The molecule has 0 saturated carbocycles.